The molecule has 1 saturated heterocycles. The monoisotopic (exact) mass is 216 g/mol. The highest BCUT2D eigenvalue weighted by Gasteiger charge is 2.20. The highest BCUT2D eigenvalue weighted by atomic mass is 15.2. The van der Waals surface area contributed by atoms with Gasteiger partial charge in [-0.05, 0) is 49.5 Å². The van der Waals surface area contributed by atoms with Gasteiger partial charge < -0.3 is 5.32 Å². The summed E-state index contributed by atoms with van der Waals surface area (Å²) in [6.07, 6.45) is 2.74. The molecule has 0 spiro atoms. The minimum atomic E-state index is 0.591. The van der Waals surface area contributed by atoms with Crippen molar-refractivity contribution in [2.45, 2.75) is 38.9 Å². The van der Waals surface area contributed by atoms with Crippen molar-refractivity contribution in [3.05, 3.63) is 34.9 Å². The maximum Gasteiger partial charge on any atom is 0.0319 e. The van der Waals surface area contributed by atoms with E-state index in [1.807, 2.05) is 0 Å². The van der Waals surface area contributed by atoms with Crippen LogP contribution in [0.2, 0.25) is 0 Å². The first-order valence-corrected chi connectivity index (χ1v) is 6.41. The van der Waals surface area contributed by atoms with Gasteiger partial charge in [-0.25, -0.2) is 0 Å². The minimum absolute atomic E-state index is 0.591. The molecule has 0 aromatic heterocycles. The Kier molecular flexibility index (Phi) is 2.70. The van der Waals surface area contributed by atoms with Crippen molar-refractivity contribution in [1.82, 2.24) is 10.2 Å². The Labute approximate surface area is 97.6 Å². The van der Waals surface area contributed by atoms with E-state index in [4.69, 9.17) is 0 Å². The number of nitrogens with zero attached hydrogens (tertiary/aromatic N) is 1. The lowest BCUT2D eigenvalue weighted by Crippen LogP contribution is -2.23. The molecule has 1 fully saturated rings. The molecule has 1 unspecified atom stereocenters. The summed E-state index contributed by atoms with van der Waals surface area (Å²) in [7, 11) is 0. The van der Waals surface area contributed by atoms with E-state index in [1.165, 1.54) is 42.6 Å². The molecule has 3 rings (SSSR count). The number of rotatable bonds is 2. The zero-order chi connectivity index (χ0) is 11.0. The predicted octanol–water partition coefficient (Wildman–Crippen LogP) is 2.45. The van der Waals surface area contributed by atoms with Crippen LogP contribution in [0.5, 0.6) is 0 Å². The molecular weight excluding hydrogens is 196 g/mol. The van der Waals surface area contributed by atoms with E-state index in [-0.39, 0.29) is 0 Å². The summed E-state index contributed by atoms with van der Waals surface area (Å²) >= 11 is 0. The minimum Gasteiger partial charge on any atom is -0.309 e. The van der Waals surface area contributed by atoms with Gasteiger partial charge in [-0.2, -0.15) is 0 Å². The summed E-state index contributed by atoms with van der Waals surface area (Å²) < 4.78 is 0. The summed E-state index contributed by atoms with van der Waals surface area (Å²) in [6.45, 7) is 6.99. The second-order valence-corrected chi connectivity index (χ2v) is 5.05. The second kappa shape index (κ2) is 4.19. The highest BCUT2D eigenvalue weighted by Crippen LogP contribution is 2.27. The maximum atomic E-state index is 3.41. The van der Waals surface area contributed by atoms with Crippen LogP contribution in [-0.4, -0.2) is 18.0 Å². The molecule has 2 nitrogen and oxygen atoms in total. The first-order chi connectivity index (χ1) is 7.84. The van der Waals surface area contributed by atoms with E-state index in [1.54, 1.807) is 0 Å². The molecule has 1 aromatic carbocycles. The molecule has 2 heteroatoms. The quantitative estimate of drug-likeness (QED) is 0.817. The molecule has 0 radical (unpaired) electrons. The van der Waals surface area contributed by atoms with Crippen LogP contribution >= 0.6 is 0 Å². The Morgan fingerprint density at radius 1 is 1.12 bits per heavy atom. The van der Waals surface area contributed by atoms with Crippen molar-refractivity contribution in [2.24, 2.45) is 0 Å². The lowest BCUT2D eigenvalue weighted by Gasteiger charge is -2.24. The molecule has 2 aliphatic rings. The van der Waals surface area contributed by atoms with Gasteiger partial charge in [0, 0.05) is 19.1 Å². The van der Waals surface area contributed by atoms with Gasteiger partial charge in [0.2, 0.25) is 0 Å². The zero-order valence-corrected chi connectivity index (χ0v) is 10.00. The van der Waals surface area contributed by atoms with E-state index >= 15 is 0 Å². The Morgan fingerprint density at radius 3 is 2.69 bits per heavy atom. The van der Waals surface area contributed by atoms with Gasteiger partial charge >= 0.3 is 0 Å². The van der Waals surface area contributed by atoms with Crippen LogP contribution in [0, 0.1) is 0 Å². The van der Waals surface area contributed by atoms with Crippen molar-refractivity contribution < 1.29 is 0 Å². The summed E-state index contributed by atoms with van der Waals surface area (Å²) in [4.78, 5) is 2.60. The standard InChI is InChI=1S/C14H20N2/c1-11(16-6-2-3-7-16)12-4-5-13-9-15-10-14(13)8-12/h4-5,8,11,15H,2-3,6-7,9-10H2,1H3. The molecule has 1 atom stereocenters. The Balaban J connectivity index is 1.83. The fraction of sp³-hybridized carbons (Fsp3) is 0.571. The van der Waals surface area contributed by atoms with Crippen LogP contribution in [0.1, 0.15) is 42.5 Å². The average Bonchev–Trinajstić information content (AvgIpc) is 2.98. The van der Waals surface area contributed by atoms with Crippen LogP contribution in [0.3, 0.4) is 0 Å². The third kappa shape index (κ3) is 1.76. The van der Waals surface area contributed by atoms with E-state index in [0.717, 1.165) is 13.1 Å². The molecule has 2 heterocycles. The third-order valence-electron chi connectivity index (χ3n) is 4.03. The lowest BCUT2D eigenvalue weighted by atomic mass is 10.0. The molecular formula is C14H20N2. The average molecular weight is 216 g/mol. The first kappa shape index (κ1) is 10.3. The van der Waals surface area contributed by atoms with Crippen LogP contribution in [0.25, 0.3) is 0 Å². The van der Waals surface area contributed by atoms with Crippen LogP contribution in [0.4, 0.5) is 0 Å². The maximum absolute atomic E-state index is 3.41. The third-order valence-corrected chi connectivity index (χ3v) is 4.03. The van der Waals surface area contributed by atoms with Gasteiger partial charge in [-0.3, -0.25) is 4.90 Å². The summed E-state index contributed by atoms with van der Waals surface area (Å²) in [5, 5.41) is 3.41. The fourth-order valence-electron chi connectivity index (χ4n) is 2.91. The molecule has 86 valence electrons. The number of benzene rings is 1. The number of likely N-dealkylation sites (tertiary alicyclic amines) is 1. The molecule has 0 bridgehead atoms. The predicted molar refractivity (Wildman–Crippen MR) is 66.2 cm³/mol. The van der Waals surface area contributed by atoms with Gasteiger partial charge in [-0.15, -0.1) is 0 Å². The van der Waals surface area contributed by atoms with Gasteiger partial charge in [0.25, 0.3) is 0 Å². The zero-order valence-electron chi connectivity index (χ0n) is 10.00. The van der Waals surface area contributed by atoms with Crippen molar-refractivity contribution in [2.75, 3.05) is 13.1 Å². The molecule has 0 aliphatic carbocycles. The number of hydrogen-bond acceptors (Lipinski definition) is 2. The van der Waals surface area contributed by atoms with Gasteiger partial charge in [-0.1, -0.05) is 18.2 Å². The summed E-state index contributed by atoms with van der Waals surface area (Å²) in [5.41, 5.74) is 4.48. The van der Waals surface area contributed by atoms with E-state index in [0.29, 0.717) is 6.04 Å². The van der Waals surface area contributed by atoms with Gasteiger partial charge in [0.1, 0.15) is 0 Å². The summed E-state index contributed by atoms with van der Waals surface area (Å²) in [6, 6.07) is 7.61. The van der Waals surface area contributed by atoms with E-state index < -0.39 is 0 Å². The van der Waals surface area contributed by atoms with Crippen LogP contribution in [-0.2, 0) is 13.1 Å². The van der Waals surface area contributed by atoms with Gasteiger partial charge in [0.15, 0.2) is 0 Å². The van der Waals surface area contributed by atoms with Crippen molar-refractivity contribution in [3.8, 4) is 0 Å². The molecule has 2 aliphatic heterocycles. The molecule has 0 saturated carbocycles. The molecule has 16 heavy (non-hydrogen) atoms. The normalized spacial score (nSPS) is 22.3. The molecule has 0 amide bonds. The number of nitrogens with one attached hydrogen (secondary N) is 1. The van der Waals surface area contributed by atoms with Crippen molar-refractivity contribution >= 4 is 0 Å². The largest absolute Gasteiger partial charge is 0.309 e. The SMILES string of the molecule is CC(c1ccc2c(c1)CNC2)N1CCCC1. The highest BCUT2D eigenvalue weighted by molar-refractivity contribution is 5.35. The number of hydrogen-bond donors (Lipinski definition) is 1. The van der Waals surface area contributed by atoms with Crippen molar-refractivity contribution in [1.29, 1.82) is 0 Å². The number of fused-ring (bicyclic) bond motifs is 1. The van der Waals surface area contributed by atoms with Crippen LogP contribution in [0.15, 0.2) is 18.2 Å². The first-order valence-electron chi connectivity index (χ1n) is 6.41. The topological polar surface area (TPSA) is 15.3 Å². The Hall–Kier alpha value is -0.860. The Morgan fingerprint density at radius 2 is 1.88 bits per heavy atom. The smallest absolute Gasteiger partial charge is 0.0319 e. The van der Waals surface area contributed by atoms with Crippen molar-refractivity contribution in [3.63, 3.8) is 0 Å². The van der Waals surface area contributed by atoms with E-state index in [2.05, 4.69) is 35.3 Å². The van der Waals surface area contributed by atoms with E-state index in [9.17, 15) is 0 Å². The Bertz CT molecular complexity index is 380. The molecule has 1 N–H and O–H groups in total. The molecule has 1 aromatic rings. The van der Waals surface area contributed by atoms with Crippen LogP contribution < -0.4 is 5.32 Å². The fourth-order valence-corrected chi connectivity index (χ4v) is 2.91. The van der Waals surface area contributed by atoms with Gasteiger partial charge in [0.05, 0.1) is 0 Å². The summed E-state index contributed by atoms with van der Waals surface area (Å²) in [5.74, 6) is 0. The second-order valence-electron chi connectivity index (χ2n) is 5.05. The lowest BCUT2D eigenvalue weighted by molar-refractivity contribution is 0.263.